The van der Waals surface area contributed by atoms with Crippen LogP contribution >= 0.6 is 0 Å². The molecule has 2 aliphatic rings. The van der Waals surface area contributed by atoms with Crippen molar-refractivity contribution in [2.45, 2.75) is 45.7 Å². The molecule has 2 fully saturated rings. The molecule has 1 atom stereocenters. The van der Waals surface area contributed by atoms with E-state index in [9.17, 15) is 0 Å². The van der Waals surface area contributed by atoms with Gasteiger partial charge in [0, 0.05) is 38.3 Å². The maximum atomic E-state index is 2.68. The van der Waals surface area contributed by atoms with E-state index in [1.807, 2.05) is 0 Å². The minimum absolute atomic E-state index is 0.761. The highest BCUT2D eigenvalue weighted by atomic mass is 15.3. The Bertz CT molecular complexity index is 179. The Morgan fingerprint density at radius 3 is 1.93 bits per heavy atom. The zero-order valence-electron chi connectivity index (χ0n) is 9.87. The normalized spacial score (nSPS) is 28.3. The summed E-state index contributed by atoms with van der Waals surface area (Å²) in [6.45, 7) is 12.2. The van der Waals surface area contributed by atoms with Crippen molar-refractivity contribution in [1.82, 2.24) is 9.80 Å². The van der Waals surface area contributed by atoms with E-state index in [0.717, 1.165) is 18.0 Å². The number of rotatable bonds is 3. The molecule has 0 bridgehead atoms. The molecule has 1 unspecified atom stereocenters. The molecular weight excluding hydrogens is 172 g/mol. The molecular formula is C12H24N2. The van der Waals surface area contributed by atoms with Crippen molar-refractivity contribution >= 4 is 0 Å². The molecule has 1 saturated carbocycles. The van der Waals surface area contributed by atoms with Crippen LogP contribution in [-0.4, -0.2) is 48.1 Å². The fourth-order valence-corrected chi connectivity index (χ4v) is 2.37. The van der Waals surface area contributed by atoms with Crippen LogP contribution in [0.3, 0.4) is 0 Å². The summed E-state index contributed by atoms with van der Waals surface area (Å²) in [7, 11) is 0. The fraction of sp³-hybridized carbons (Fsp3) is 1.00. The van der Waals surface area contributed by atoms with Crippen molar-refractivity contribution in [3.05, 3.63) is 0 Å². The summed E-state index contributed by atoms with van der Waals surface area (Å²) in [5.41, 5.74) is 0. The SMILES string of the molecule is CC(C)C(C)N1CCN(C2CC2)CC1. The zero-order chi connectivity index (χ0) is 10.1. The molecule has 82 valence electrons. The van der Waals surface area contributed by atoms with E-state index >= 15 is 0 Å². The fourth-order valence-electron chi connectivity index (χ4n) is 2.37. The molecule has 0 aromatic heterocycles. The average molecular weight is 196 g/mol. The van der Waals surface area contributed by atoms with Crippen molar-refractivity contribution < 1.29 is 0 Å². The number of hydrogen-bond acceptors (Lipinski definition) is 2. The van der Waals surface area contributed by atoms with Gasteiger partial charge in [0.15, 0.2) is 0 Å². The van der Waals surface area contributed by atoms with Gasteiger partial charge >= 0.3 is 0 Å². The maximum absolute atomic E-state index is 2.68. The molecule has 0 radical (unpaired) electrons. The molecule has 0 N–H and O–H groups in total. The Balaban J connectivity index is 1.77. The quantitative estimate of drug-likeness (QED) is 0.679. The van der Waals surface area contributed by atoms with Crippen molar-refractivity contribution in [3.8, 4) is 0 Å². The van der Waals surface area contributed by atoms with Crippen LogP contribution in [0.2, 0.25) is 0 Å². The molecule has 0 spiro atoms. The van der Waals surface area contributed by atoms with Crippen LogP contribution in [0.15, 0.2) is 0 Å². The van der Waals surface area contributed by atoms with Crippen LogP contribution in [0, 0.1) is 5.92 Å². The lowest BCUT2D eigenvalue weighted by molar-refractivity contribution is 0.0802. The maximum Gasteiger partial charge on any atom is 0.0113 e. The molecule has 1 aliphatic carbocycles. The Kier molecular flexibility index (Phi) is 3.13. The van der Waals surface area contributed by atoms with Crippen molar-refractivity contribution in [1.29, 1.82) is 0 Å². The van der Waals surface area contributed by atoms with Gasteiger partial charge in [0.25, 0.3) is 0 Å². The van der Waals surface area contributed by atoms with Crippen LogP contribution < -0.4 is 0 Å². The van der Waals surface area contributed by atoms with Gasteiger partial charge in [0.05, 0.1) is 0 Å². The molecule has 14 heavy (non-hydrogen) atoms. The van der Waals surface area contributed by atoms with Crippen LogP contribution in [-0.2, 0) is 0 Å². The third-order valence-electron chi connectivity index (χ3n) is 3.95. The van der Waals surface area contributed by atoms with Gasteiger partial charge in [-0.25, -0.2) is 0 Å². The first-order chi connectivity index (χ1) is 6.68. The number of nitrogens with zero attached hydrogens (tertiary/aromatic N) is 2. The first-order valence-electron chi connectivity index (χ1n) is 6.16. The monoisotopic (exact) mass is 196 g/mol. The third kappa shape index (κ3) is 2.29. The van der Waals surface area contributed by atoms with Crippen molar-refractivity contribution in [3.63, 3.8) is 0 Å². The zero-order valence-corrected chi connectivity index (χ0v) is 9.87. The van der Waals surface area contributed by atoms with E-state index in [2.05, 4.69) is 30.6 Å². The van der Waals surface area contributed by atoms with Gasteiger partial charge in [-0.05, 0) is 25.7 Å². The van der Waals surface area contributed by atoms with Gasteiger partial charge in [0.1, 0.15) is 0 Å². The van der Waals surface area contributed by atoms with E-state index in [4.69, 9.17) is 0 Å². The summed E-state index contributed by atoms with van der Waals surface area (Å²) in [5.74, 6) is 0.794. The lowest BCUT2D eigenvalue weighted by Crippen LogP contribution is -2.51. The summed E-state index contributed by atoms with van der Waals surface area (Å²) in [6.07, 6.45) is 2.92. The molecule has 1 heterocycles. The predicted molar refractivity (Wildman–Crippen MR) is 60.5 cm³/mol. The minimum atomic E-state index is 0.761. The first kappa shape index (κ1) is 10.4. The van der Waals surface area contributed by atoms with E-state index in [1.54, 1.807) is 0 Å². The van der Waals surface area contributed by atoms with E-state index in [-0.39, 0.29) is 0 Å². The first-order valence-corrected chi connectivity index (χ1v) is 6.16. The Labute approximate surface area is 88.3 Å². The van der Waals surface area contributed by atoms with Gasteiger partial charge in [0.2, 0.25) is 0 Å². The summed E-state index contributed by atoms with van der Waals surface area (Å²) >= 11 is 0. The lowest BCUT2D eigenvalue weighted by Gasteiger charge is -2.39. The Morgan fingerprint density at radius 1 is 0.929 bits per heavy atom. The highest BCUT2D eigenvalue weighted by molar-refractivity contribution is 4.88. The second kappa shape index (κ2) is 4.19. The second-order valence-corrected chi connectivity index (χ2v) is 5.29. The summed E-state index contributed by atoms with van der Waals surface area (Å²) in [6, 6.07) is 1.72. The molecule has 2 heteroatoms. The largest absolute Gasteiger partial charge is 0.298 e. The number of piperazine rings is 1. The molecule has 0 aromatic rings. The molecule has 1 saturated heterocycles. The predicted octanol–water partition coefficient (Wildman–Crippen LogP) is 1.81. The van der Waals surface area contributed by atoms with Crippen LogP contribution in [0.25, 0.3) is 0 Å². The van der Waals surface area contributed by atoms with Gasteiger partial charge in [-0.1, -0.05) is 13.8 Å². The molecule has 0 amide bonds. The van der Waals surface area contributed by atoms with Crippen LogP contribution in [0.4, 0.5) is 0 Å². The average Bonchev–Trinajstić information content (AvgIpc) is 3.00. The second-order valence-electron chi connectivity index (χ2n) is 5.29. The minimum Gasteiger partial charge on any atom is -0.298 e. The van der Waals surface area contributed by atoms with E-state index in [1.165, 1.54) is 39.0 Å². The molecule has 0 aromatic carbocycles. The van der Waals surface area contributed by atoms with E-state index < -0.39 is 0 Å². The summed E-state index contributed by atoms with van der Waals surface area (Å²) in [5, 5.41) is 0. The standard InChI is InChI=1S/C12H24N2/c1-10(2)11(3)13-6-8-14(9-7-13)12-4-5-12/h10-12H,4-9H2,1-3H3. The number of hydrogen-bond donors (Lipinski definition) is 0. The molecule has 2 rings (SSSR count). The van der Waals surface area contributed by atoms with Gasteiger partial charge in [-0.2, -0.15) is 0 Å². The molecule has 2 nitrogen and oxygen atoms in total. The third-order valence-corrected chi connectivity index (χ3v) is 3.95. The van der Waals surface area contributed by atoms with Gasteiger partial charge in [-0.15, -0.1) is 0 Å². The van der Waals surface area contributed by atoms with Crippen LogP contribution in [0.5, 0.6) is 0 Å². The summed E-state index contributed by atoms with van der Waals surface area (Å²) < 4.78 is 0. The van der Waals surface area contributed by atoms with Crippen molar-refractivity contribution in [2.75, 3.05) is 26.2 Å². The molecule has 1 aliphatic heterocycles. The Hall–Kier alpha value is -0.0800. The van der Waals surface area contributed by atoms with E-state index in [0.29, 0.717) is 0 Å². The summed E-state index contributed by atoms with van der Waals surface area (Å²) in [4.78, 5) is 5.34. The Morgan fingerprint density at radius 2 is 1.50 bits per heavy atom. The highest BCUT2D eigenvalue weighted by Crippen LogP contribution is 2.28. The van der Waals surface area contributed by atoms with Gasteiger partial charge < -0.3 is 0 Å². The van der Waals surface area contributed by atoms with Crippen molar-refractivity contribution in [2.24, 2.45) is 5.92 Å². The topological polar surface area (TPSA) is 6.48 Å². The van der Waals surface area contributed by atoms with Gasteiger partial charge in [-0.3, -0.25) is 9.80 Å². The van der Waals surface area contributed by atoms with Crippen LogP contribution in [0.1, 0.15) is 33.6 Å². The highest BCUT2D eigenvalue weighted by Gasteiger charge is 2.32. The smallest absolute Gasteiger partial charge is 0.0113 e. The lowest BCUT2D eigenvalue weighted by atomic mass is 10.0.